The van der Waals surface area contributed by atoms with Crippen LogP contribution >= 0.6 is 22.9 Å². The third kappa shape index (κ3) is 3.91. The van der Waals surface area contributed by atoms with E-state index in [1.807, 2.05) is 36.4 Å². The molecule has 0 fully saturated rings. The van der Waals surface area contributed by atoms with E-state index in [1.54, 1.807) is 25.1 Å². The Kier molecular flexibility index (Phi) is 5.77. The second kappa shape index (κ2) is 8.89. The number of halogens is 1. The fraction of sp³-hybridized carbons (Fsp3) is 0.120. The maximum atomic E-state index is 13.2. The van der Waals surface area contributed by atoms with Crippen molar-refractivity contribution in [3.05, 3.63) is 86.5 Å². The first-order valence-corrected chi connectivity index (χ1v) is 11.6. The average Bonchev–Trinajstić information content (AvgIpc) is 3.16. The molecule has 0 saturated carbocycles. The second-order valence-electron chi connectivity index (χ2n) is 7.43. The quantitative estimate of drug-likeness (QED) is 0.202. The van der Waals surface area contributed by atoms with Gasteiger partial charge in [0.2, 0.25) is 0 Å². The normalized spacial score (nSPS) is 12.0. The molecule has 2 heterocycles. The molecule has 1 amide bonds. The Morgan fingerprint density at radius 3 is 2.74 bits per heavy atom. The molecule has 0 saturated heterocycles. The molecule has 0 aliphatic carbocycles. The molecule has 7 nitrogen and oxygen atoms in total. The zero-order chi connectivity index (χ0) is 23.8. The number of para-hydroxylation sites is 1. The summed E-state index contributed by atoms with van der Waals surface area (Å²) in [7, 11) is 0. The number of fused-ring (bicyclic) bond motifs is 4. The van der Waals surface area contributed by atoms with Crippen LogP contribution in [-0.4, -0.2) is 23.1 Å². The lowest BCUT2D eigenvalue weighted by Gasteiger charge is -2.06. The number of aromatic nitrogens is 1. The topological polar surface area (TPSA) is 90.9 Å². The van der Waals surface area contributed by atoms with E-state index < -0.39 is 17.5 Å². The van der Waals surface area contributed by atoms with E-state index in [0.29, 0.717) is 21.5 Å². The number of carbonyl (C=O) groups is 2. The van der Waals surface area contributed by atoms with Crippen LogP contribution in [0.3, 0.4) is 0 Å². The van der Waals surface area contributed by atoms with E-state index in [4.69, 9.17) is 20.8 Å². The van der Waals surface area contributed by atoms with Gasteiger partial charge >= 0.3 is 11.6 Å². The molecule has 170 valence electrons. The predicted octanol–water partition coefficient (Wildman–Crippen LogP) is 4.92. The van der Waals surface area contributed by atoms with Gasteiger partial charge in [-0.25, -0.2) is 4.79 Å². The first kappa shape index (κ1) is 22.1. The van der Waals surface area contributed by atoms with E-state index >= 15 is 0 Å². The maximum absolute atomic E-state index is 13.2. The molecule has 2 aromatic heterocycles. The molecule has 0 aliphatic heterocycles. The zero-order valence-electron chi connectivity index (χ0n) is 17.9. The monoisotopic (exact) mass is 492 g/mol. The largest absolute Gasteiger partial charge is 0.465 e. The Balaban J connectivity index is 1.69. The first-order chi connectivity index (χ1) is 16.5. The van der Waals surface area contributed by atoms with Crippen LogP contribution in [0.2, 0.25) is 5.02 Å². The fourth-order valence-corrected chi connectivity index (χ4v) is 5.21. The Bertz CT molecular complexity index is 1730. The fourth-order valence-electron chi connectivity index (χ4n) is 3.82. The van der Waals surface area contributed by atoms with Crippen molar-refractivity contribution in [3.8, 4) is 0 Å². The molecule has 0 radical (unpaired) electrons. The molecular formula is C25H17ClN2O5S. The summed E-state index contributed by atoms with van der Waals surface area (Å²) in [5, 5.41) is 2.84. The van der Waals surface area contributed by atoms with Crippen molar-refractivity contribution in [1.82, 2.24) is 4.57 Å². The van der Waals surface area contributed by atoms with E-state index in [0.717, 1.165) is 15.5 Å². The predicted molar refractivity (Wildman–Crippen MR) is 131 cm³/mol. The standard InChI is InChI=1S/C25H17ClN2O5S/c1-2-32-21(29)13-28-22-18(26)8-5-9-20(22)34-25(28)27-23(30)17-12-16-15-7-4-3-6-14(15)10-11-19(16)33-24(17)31/h3-12H,2,13H2,1H3. The summed E-state index contributed by atoms with van der Waals surface area (Å²) < 4.78 is 12.8. The summed E-state index contributed by atoms with van der Waals surface area (Å²) in [6, 6.07) is 17.9. The van der Waals surface area contributed by atoms with Crippen LogP contribution in [0.25, 0.3) is 32.0 Å². The maximum Gasteiger partial charge on any atom is 0.349 e. The Morgan fingerprint density at radius 1 is 1.09 bits per heavy atom. The number of ether oxygens (including phenoxy) is 1. The van der Waals surface area contributed by atoms with Gasteiger partial charge in [-0.1, -0.05) is 59.3 Å². The number of amides is 1. The SMILES string of the molecule is CCOC(=O)Cn1c(=NC(=O)c2cc3c(ccc4ccccc43)oc2=O)sc2cccc(Cl)c21. The van der Waals surface area contributed by atoms with Crippen molar-refractivity contribution in [1.29, 1.82) is 0 Å². The number of hydrogen-bond acceptors (Lipinski definition) is 6. The Hall–Kier alpha value is -3.75. The van der Waals surface area contributed by atoms with Crippen molar-refractivity contribution in [2.45, 2.75) is 13.5 Å². The molecule has 34 heavy (non-hydrogen) atoms. The van der Waals surface area contributed by atoms with Crippen LogP contribution in [0.5, 0.6) is 0 Å². The number of benzene rings is 3. The highest BCUT2D eigenvalue weighted by Crippen LogP contribution is 2.27. The molecule has 0 bridgehead atoms. The van der Waals surface area contributed by atoms with Crippen molar-refractivity contribution >= 4 is 66.8 Å². The molecule has 0 N–H and O–H groups in total. The lowest BCUT2D eigenvalue weighted by Crippen LogP contribution is -2.24. The van der Waals surface area contributed by atoms with Crippen molar-refractivity contribution < 1.29 is 18.7 Å². The lowest BCUT2D eigenvalue weighted by molar-refractivity contribution is -0.143. The summed E-state index contributed by atoms with van der Waals surface area (Å²) in [4.78, 5) is 42.4. The second-order valence-corrected chi connectivity index (χ2v) is 8.84. The molecule has 3 aromatic carbocycles. The molecule has 5 aromatic rings. The average molecular weight is 493 g/mol. The highest BCUT2D eigenvalue weighted by atomic mass is 35.5. The van der Waals surface area contributed by atoms with Crippen LogP contribution in [0.15, 0.2) is 74.9 Å². The van der Waals surface area contributed by atoms with Crippen molar-refractivity contribution in [3.63, 3.8) is 0 Å². The first-order valence-electron chi connectivity index (χ1n) is 10.4. The highest BCUT2D eigenvalue weighted by Gasteiger charge is 2.18. The summed E-state index contributed by atoms with van der Waals surface area (Å²) in [5.74, 6) is -1.27. The van der Waals surface area contributed by atoms with Crippen molar-refractivity contribution in [2.24, 2.45) is 4.99 Å². The van der Waals surface area contributed by atoms with E-state index in [-0.39, 0.29) is 23.5 Å². The number of thiazole rings is 1. The van der Waals surface area contributed by atoms with Gasteiger partial charge in [-0.15, -0.1) is 0 Å². The molecular weight excluding hydrogens is 476 g/mol. The van der Waals surface area contributed by atoms with E-state index in [9.17, 15) is 14.4 Å². The van der Waals surface area contributed by atoms with E-state index in [1.165, 1.54) is 22.0 Å². The summed E-state index contributed by atoms with van der Waals surface area (Å²) in [6.45, 7) is 1.74. The lowest BCUT2D eigenvalue weighted by atomic mass is 10.0. The van der Waals surface area contributed by atoms with Gasteiger partial charge < -0.3 is 13.7 Å². The molecule has 5 rings (SSSR count). The van der Waals surface area contributed by atoms with Crippen LogP contribution in [0.4, 0.5) is 0 Å². The summed E-state index contributed by atoms with van der Waals surface area (Å²) >= 11 is 7.56. The van der Waals surface area contributed by atoms with Gasteiger partial charge in [0.15, 0.2) is 4.80 Å². The zero-order valence-corrected chi connectivity index (χ0v) is 19.5. The van der Waals surface area contributed by atoms with Gasteiger partial charge in [0.25, 0.3) is 5.91 Å². The number of rotatable bonds is 4. The van der Waals surface area contributed by atoms with Crippen LogP contribution < -0.4 is 10.4 Å². The highest BCUT2D eigenvalue weighted by molar-refractivity contribution is 7.16. The Labute approximate surface area is 201 Å². The van der Waals surface area contributed by atoms with Gasteiger partial charge in [0, 0.05) is 5.39 Å². The molecule has 0 aliphatic rings. The third-order valence-electron chi connectivity index (χ3n) is 5.31. The van der Waals surface area contributed by atoms with E-state index in [2.05, 4.69) is 4.99 Å². The molecule has 0 atom stereocenters. The Morgan fingerprint density at radius 2 is 1.91 bits per heavy atom. The van der Waals surface area contributed by atoms with Gasteiger partial charge in [0.1, 0.15) is 17.7 Å². The number of hydrogen-bond donors (Lipinski definition) is 0. The number of esters is 1. The minimum absolute atomic E-state index is 0.180. The van der Waals surface area contributed by atoms with Gasteiger partial charge in [-0.3, -0.25) is 9.59 Å². The smallest absolute Gasteiger partial charge is 0.349 e. The van der Waals surface area contributed by atoms with Gasteiger partial charge in [0.05, 0.1) is 21.8 Å². The molecule has 9 heteroatoms. The third-order valence-corrected chi connectivity index (χ3v) is 6.66. The van der Waals surface area contributed by atoms with Gasteiger partial charge in [-0.2, -0.15) is 4.99 Å². The van der Waals surface area contributed by atoms with Crippen LogP contribution in [0, 0.1) is 0 Å². The number of nitrogens with zero attached hydrogens (tertiary/aromatic N) is 2. The minimum Gasteiger partial charge on any atom is -0.465 e. The molecule has 0 spiro atoms. The number of carbonyl (C=O) groups excluding carboxylic acids is 2. The summed E-state index contributed by atoms with van der Waals surface area (Å²) in [6.07, 6.45) is 0. The van der Waals surface area contributed by atoms with Crippen LogP contribution in [-0.2, 0) is 16.1 Å². The minimum atomic E-state index is -0.785. The molecule has 0 unspecified atom stereocenters. The van der Waals surface area contributed by atoms with Crippen LogP contribution in [0.1, 0.15) is 17.3 Å². The van der Waals surface area contributed by atoms with Gasteiger partial charge in [-0.05, 0) is 42.0 Å². The summed E-state index contributed by atoms with van der Waals surface area (Å²) in [5.41, 5.74) is -0.0423. The van der Waals surface area contributed by atoms with Crippen molar-refractivity contribution in [2.75, 3.05) is 6.61 Å².